The van der Waals surface area contributed by atoms with E-state index in [0.717, 1.165) is 31.2 Å². The van der Waals surface area contributed by atoms with E-state index in [0.29, 0.717) is 11.5 Å². The summed E-state index contributed by atoms with van der Waals surface area (Å²) in [6.07, 6.45) is 3.87. The van der Waals surface area contributed by atoms with Crippen molar-refractivity contribution in [1.29, 1.82) is 0 Å². The van der Waals surface area contributed by atoms with Gasteiger partial charge in [0.25, 0.3) is 0 Å². The predicted octanol–water partition coefficient (Wildman–Crippen LogP) is 4.16. The Hall–Kier alpha value is -1.71. The number of ether oxygens (including phenoxy) is 2. The molecule has 1 N–H and O–H groups in total. The lowest BCUT2D eigenvalue weighted by atomic mass is 10.00. The first-order valence-corrected chi connectivity index (χ1v) is 7.12. The molecule has 0 saturated heterocycles. The summed E-state index contributed by atoms with van der Waals surface area (Å²) in [5.41, 5.74) is 1.02. The summed E-state index contributed by atoms with van der Waals surface area (Å²) < 4.78 is 10.3. The van der Waals surface area contributed by atoms with Gasteiger partial charge in [-0.05, 0) is 24.5 Å². The van der Waals surface area contributed by atoms with Crippen molar-refractivity contribution in [3.8, 4) is 11.5 Å². The van der Waals surface area contributed by atoms with Crippen LogP contribution in [0.3, 0.4) is 0 Å². The topological polar surface area (TPSA) is 55.8 Å². The molecule has 0 radical (unpaired) electrons. The summed E-state index contributed by atoms with van der Waals surface area (Å²) in [6.45, 7) is 6.12. The minimum atomic E-state index is -0.957. The number of rotatable bonds is 7. The molecule has 0 bridgehead atoms. The maximum atomic E-state index is 11.3. The zero-order valence-electron chi connectivity index (χ0n) is 13.2. The Bertz CT molecular complexity index is 413. The number of unbranched alkanes of at least 4 members (excludes halogenated alkanes) is 2. The molecule has 0 amide bonds. The van der Waals surface area contributed by atoms with Crippen molar-refractivity contribution in [3.05, 3.63) is 23.3 Å². The van der Waals surface area contributed by atoms with Crippen molar-refractivity contribution in [2.24, 2.45) is 0 Å². The molecule has 0 aliphatic rings. The number of hydrogen-bond donors (Lipinski definition) is 1. The molecular weight excluding hydrogens is 256 g/mol. The lowest BCUT2D eigenvalue weighted by Gasteiger charge is -2.13. The predicted molar refractivity (Wildman–Crippen MR) is 81.1 cm³/mol. The average molecular weight is 282 g/mol. The van der Waals surface area contributed by atoms with Crippen molar-refractivity contribution in [2.45, 2.75) is 46.5 Å². The third-order valence-corrected chi connectivity index (χ3v) is 2.88. The third kappa shape index (κ3) is 5.11. The minimum Gasteiger partial charge on any atom is -0.497 e. The maximum absolute atomic E-state index is 11.3. The van der Waals surface area contributed by atoms with Crippen LogP contribution in [0.15, 0.2) is 12.1 Å². The first-order chi connectivity index (χ1) is 9.63. The number of aromatic carboxylic acids is 1. The van der Waals surface area contributed by atoms with Crippen LogP contribution in [-0.4, -0.2) is 25.3 Å². The summed E-state index contributed by atoms with van der Waals surface area (Å²) >= 11 is 0. The summed E-state index contributed by atoms with van der Waals surface area (Å²) in [6, 6.07) is 3.38. The average Bonchev–Trinajstić information content (AvgIpc) is 2.48. The summed E-state index contributed by atoms with van der Waals surface area (Å²) in [4.78, 5) is 11.3. The van der Waals surface area contributed by atoms with Crippen LogP contribution in [0.5, 0.6) is 11.5 Å². The number of hydrogen-bond acceptors (Lipinski definition) is 3. The van der Waals surface area contributed by atoms with Gasteiger partial charge in [-0.25, -0.2) is 4.79 Å². The van der Waals surface area contributed by atoms with Crippen molar-refractivity contribution in [3.63, 3.8) is 0 Å². The van der Waals surface area contributed by atoms with Gasteiger partial charge in [-0.1, -0.05) is 33.6 Å². The molecule has 0 atom stereocenters. The Labute approximate surface area is 121 Å². The van der Waals surface area contributed by atoms with Crippen molar-refractivity contribution in [2.75, 3.05) is 14.2 Å². The smallest absolute Gasteiger partial charge is 0.339 e. The van der Waals surface area contributed by atoms with Gasteiger partial charge in [0.1, 0.15) is 17.1 Å². The summed E-state index contributed by atoms with van der Waals surface area (Å²) in [5.74, 6) is 0.0256. The highest BCUT2D eigenvalue weighted by molar-refractivity contribution is 5.93. The van der Waals surface area contributed by atoms with Gasteiger partial charge in [-0.3, -0.25) is 0 Å². The molecule has 0 fully saturated rings. The Kier molecular flexibility index (Phi) is 9.26. The largest absolute Gasteiger partial charge is 0.497 e. The standard InChI is InChI=1S/C14H20O4.C2H6/c1-4-5-6-7-10-8-11(17-2)9-12(18-3)13(10)14(15)16;1-2/h8-9H,4-7H2,1-3H3,(H,15,16);1-2H3. The van der Waals surface area contributed by atoms with E-state index >= 15 is 0 Å². The fourth-order valence-electron chi connectivity index (χ4n) is 1.93. The van der Waals surface area contributed by atoms with Crippen LogP contribution >= 0.6 is 0 Å². The summed E-state index contributed by atoms with van der Waals surface area (Å²) in [7, 11) is 3.03. The van der Waals surface area contributed by atoms with Gasteiger partial charge in [0.15, 0.2) is 0 Å². The van der Waals surface area contributed by atoms with E-state index in [4.69, 9.17) is 9.47 Å². The van der Waals surface area contributed by atoms with Gasteiger partial charge in [0, 0.05) is 6.07 Å². The molecule has 0 aliphatic heterocycles. The van der Waals surface area contributed by atoms with Gasteiger partial charge in [0.05, 0.1) is 14.2 Å². The summed E-state index contributed by atoms with van der Waals surface area (Å²) in [5, 5.41) is 9.28. The van der Waals surface area contributed by atoms with Crippen LogP contribution in [-0.2, 0) is 6.42 Å². The Balaban J connectivity index is 0.00000172. The molecule has 4 nitrogen and oxygen atoms in total. The fraction of sp³-hybridized carbons (Fsp3) is 0.562. The van der Waals surface area contributed by atoms with Crippen LogP contribution in [0.25, 0.3) is 0 Å². The number of carbonyl (C=O) groups is 1. The molecule has 0 unspecified atom stereocenters. The van der Waals surface area contributed by atoms with Crippen molar-refractivity contribution in [1.82, 2.24) is 0 Å². The van der Waals surface area contributed by atoms with Crippen LogP contribution in [0, 0.1) is 0 Å². The monoisotopic (exact) mass is 282 g/mol. The van der Waals surface area contributed by atoms with E-state index in [2.05, 4.69) is 6.92 Å². The van der Waals surface area contributed by atoms with E-state index < -0.39 is 5.97 Å². The molecule has 0 aliphatic carbocycles. The second-order valence-corrected chi connectivity index (χ2v) is 4.13. The first-order valence-electron chi connectivity index (χ1n) is 7.12. The molecule has 1 aromatic carbocycles. The van der Waals surface area contributed by atoms with Gasteiger partial charge in [0.2, 0.25) is 0 Å². The van der Waals surface area contributed by atoms with E-state index in [9.17, 15) is 9.90 Å². The highest BCUT2D eigenvalue weighted by Crippen LogP contribution is 2.30. The van der Waals surface area contributed by atoms with E-state index in [1.165, 1.54) is 7.11 Å². The molecule has 1 aromatic rings. The Morgan fingerprint density at radius 2 is 1.80 bits per heavy atom. The molecule has 0 aromatic heterocycles. The second-order valence-electron chi connectivity index (χ2n) is 4.13. The molecule has 0 heterocycles. The molecule has 114 valence electrons. The maximum Gasteiger partial charge on any atom is 0.339 e. The van der Waals surface area contributed by atoms with Crippen molar-refractivity contribution >= 4 is 5.97 Å². The highest BCUT2D eigenvalue weighted by Gasteiger charge is 2.18. The quantitative estimate of drug-likeness (QED) is 0.763. The Morgan fingerprint density at radius 3 is 2.25 bits per heavy atom. The molecule has 0 spiro atoms. The fourth-order valence-corrected chi connectivity index (χ4v) is 1.93. The zero-order chi connectivity index (χ0) is 15.5. The van der Waals surface area contributed by atoms with Gasteiger partial charge < -0.3 is 14.6 Å². The lowest BCUT2D eigenvalue weighted by molar-refractivity contribution is 0.0692. The number of methoxy groups -OCH3 is 2. The van der Waals surface area contributed by atoms with Crippen LogP contribution in [0.4, 0.5) is 0 Å². The zero-order valence-corrected chi connectivity index (χ0v) is 13.2. The van der Waals surface area contributed by atoms with Gasteiger partial charge >= 0.3 is 5.97 Å². The molecule has 4 heteroatoms. The second kappa shape index (κ2) is 10.1. The minimum absolute atomic E-state index is 0.245. The normalized spacial score (nSPS) is 9.45. The van der Waals surface area contributed by atoms with E-state index in [1.807, 2.05) is 13.8 Å². The van der Waals surface area contributed by atoms with E-state index in [1.54, 1.807) is 19.2 Å². The van der Waals surface area contributed by atoms with E-state index in [-0.39, 0.29) is 5.56 Å². The SMILES string of the molecule is CC.CCCCCc1cc(OC)cc(OC)c1C(=O)O. The number of carboxylic acids is 1. The Morgan fingerprint density at radius 1 is 1.15 bits per heavy atom. The number of benzene rings is 1. The highest BCUT2D eigenvalue weighted by atomic mass is 16.5. The molecule has 20 heavy (non-hydrogen) atoms. The third-order valence-electron chi connectivity index (χ3n) is 2.88. The first kappa shape index (κ1) is 18.3. The van der Waals surface area contributed by atoms with Gasteiger partial charge in [-0.15, -0.1) is 0 Å². The molecular formula is C16H26O4. The molecule has 0 saturated carbocycles. The van der Waals surface area contributed by atoms with Gasteiger partial charge in [-0.2, -0.15) is 0 Å². The molecule has 1 rings (SSSR count). The van der Waals surface area contributed by atoms with Crippen LogP contribution in [0.2, 0.25) is 0 Å². The number of carboxylic acid groups (broad SMARTS) is 1. The van der Waals surface area contributed by atoms with Crippen LogP contribution < -0.4 is 9.47 Å². The van der Waals surface area contributed by atoms with Crippen molar-refractivity contribution < 1.29 is 19.4 Å². The van der Waals surface area contributed by atoms with Crippen LogP contribution in [0.1, 0.15) is 56.0 Å². The number of aryl methyl sites for hydroxylation is 1. The lowest BCUT2D eigenvalue weighted by Crippen LogP contribution is -2.06.